The second kappa shape index (κ2) is 4.03. The maximum absolute atomic E-state index is 9.63. The Morgan fingerprint density at radius 1 is 1.67 bits per heavy atom. The molecule has 0 aromatic rings. The van der Waals surface area contributed by atoms with Gasteiger partial charge in [0.2, 0.25) is 5.79 Å². The maximum atomic E-state index is 9.63. The molecule has 1 rings (SSSR count). The molecule has 0 aromatic carbocycles. The van der Waals surface area contributed by atoms with Crippen LogP contribution in [0.25, 0.3) is 0 Å². The van der Waals surface area contributed by atoms with Crippen LogP contribution in [0.15, 0.2) is 12.2 Å². The van der Waals surface area contributed by atoms with Crippen LogP contribution in [0.2, 0.25) is 0 Å². The number of rotatable bonds is 4. The van der Waals surface area contributed by atoms with Crippen LogP contribution in [0, 0.1) is 0 Å². The van der Waals surface area contributed by atoms with Gasteiger partial charge in [-0.1, -0.05) is 19.4 Å². The number of aliphatic hydroxyl groups is 2. The fraction of sp³-hybridized carbons (Fsp3) is 0.778. The third-order valence-corrected chi connectivity index (χ3v) is 2.02. The van der Waals surface area contributed by atoms with Gasteiger partial charge in [0.1, 0.15) is 6.10 Å². The van der Waals surface area contributed by atoms with Crippen molar-refractivity contribution in [3.8, 4) is 0 Å². The van der Waals surface area contributed by atoms with Crippen molar-refractivity contribution in [1.82, 2.24) is 0 Å². The molecule has 0 heterocycles. The predicted molar refractivity (Wildman–Crippen MR) is 45.6 cm³/mol. The molecule has 3 nitrogen and oxygen atoms in total. The maximum Gasteiger partial charge on any atom is 0.212 e. The molecule has 2 atom stereocenters. The molecule has 70 valence electrons. The lowest BCUT2D eigenvalue weighted by Gasteiger charge is -2.25. The molecule has 1 aliphatic carbocycles. The Hall–Kier alpha value is -0.380. The number of hydrogen-bond acceptors (Lipinski definition) is 3. The Bertz CT molecular complexity index is 167. The lowest BCUT2D eigenvalue weighted by Crippen LogP contribution is -2.40. The molecular weight excluding hydrogens is 156 g/mol. The normalized spacial score (nSPS) is 34.4. The molecular formula is C9H16O3. The van der Waals surface area contributed by atoms with E-state index in [0.29, 0.717) is 13.0 Å². The molecule has 0 bridgehead atoms. The van der Waals surface area contributed by atoms with Gasteiger partial charge in [-0.15, -0.1) is 0 Å². The summed E-state index contributed by atoms with van der Waals surface area (Å²) in [5.74, 6) is -1.42. The summed E-state index contributed by atoms with van der Waals surface area (Å²) in [5.41, 5.74) is 0. The van der Waals surface area contributed by atoms with E-state index in [0.717, 1.165) is 12.8 Å². The number of unbranched alkanes of at least 4 members (excludes halogenated alkanes) is 1. The van der Waals surface area contributed by atoms with Gasteiger partial charge >= 0.3 is 0 Å². The SMILES string of the molecule is CCCCOC1(O)C=CCC1O. The first-order valence-corrected chi connectivity index (χ1v) is 4.41. The molecule has 0 spiro atoms. The second-order valence-corrected chi connectivity index (χ2v) is 3.11. The summed E-state index contributed by atoms with van der Waals surface area (Å²) >= 11 is 0. The summed E-state index contributed by atoms with van der Waals surface area (Å²) in [6.45, 7) is 2.54. The average molecular weight is 172 g/mol. The quantitative estimate of drug-likeness (QED) is 0.375. The molecule has 0 aromatic heterocycles. The van der Waals surface area contributed by atoms with Crippen molar-refractivity contribution in [2.24, 2.45) is 0 Å². The predicted octanol–water partition coefficient (Wildman–Crippen LogP) is 0.812. The van der Waals surface area contributed by atoms with Crippen molar-refractivity contribution in [3.05, 3.63) is 12.2 Å². The van der Waals surface area contributed by atoms with Gasteiger partial charge in [-0.05, 0) is 18.9 Å². The Morgan fingerprint density at radius 2 is 2.42 bits per heavy atom. The Labute approximate surface area is 72.7 Å². The van der Waals surface area contributed by atoms with Gasteiger partial charge < -0.3 is 14.9 Å². The molecule has 1 aliphatic rings. The lowest BCUT2D eigenvalue weighted by atomic mass is 10.2. The molecule has 3 heteroatoms. The van der Waals surface area contributed by atoms with E-state index in [1.54, 1.807) is 6.08 Å². The summed E-state index contributed by atoms with van der Waals surface area (Å²) in [4.78, 5) is 0. The Balaban J connectivity index is 2.33. The van der Waals surface area contributed by atoms with Gasteiger partial charge in [-0.25, -0.2) is 0 Å². The zero-order valence-corrected chi connectivity index (χ0v) is 7.36. The summed E-state index contributed by atoms with van der Waals surface area (Å²) in [5, 5.41) is 18.9. The van der Waals surface area contributed by atoms with Crippen molar-refractivity contribution < 1.29 is 14.9 Å². The van der Waals surface area contributed by atoms with Crippen molar-refractivity contribution >= 4 is 0 Å². The molecule has 2 N–H and O–H groups in total. The fourth-order valence-electron chi connectivity index (χ4n) is 1.17. The van der Waals surface area contributed by atoms with Gasteiger partial charge in [-0.2, -0.15) is 0 Å². The highest BCUT2D eigenvalue weighted by Gasteiger charge is 2.36. The molecule has 0 saturated carbocycles. The van der Waals surface area contributed by atoms with E-state index >= 15 is 0 Å². The standard InChI is InChI=1S/C9H16O3/c1-2-3-7-12-9(11)6-4-5-8(9)10/h4,6,8,10-11H,2-3,5,7H2,1H3. The van der Waals surface area contributed by atoms with E-state index in [-0.39, 0.29) is 0 Å². The molecule has 0 saturated heterocycles. The third-order valence-electron chi connectivity index (χ3n) is 2.02. The Kier molecular flexibility index (Phi) is 3.26. The summed E-state index contributed by atoms with van der Waals surface area (Å²) in [6.07, 6.45) is 4.86. The van der Waals surface area contributed by atoms with E-state index < -0.39 is 11.9 Å². The van der Waals surface area contributed by atoms with E-state index in [4.69, 9.17) is 4.74 Å². The minimum Gasteiger partial charge on any atom is -0.387 e. The van der Waals surface area contributed by atoms with E-state index in [1.807, 2.05) is 6.92 Å². The third kappa shape index (κ3) is 2.06. The van der Waals surface area contributed by atoms with Gasteiger partial charge in [-0.3, -0.25) is 0 Å². The van der Waals surface area contributed by atoms with E-state index in [2.05, 4.69) is 0 Å². The molecule has 0 amide bonds. The highest BCUT2D eigenvalue weighted by atomic mass is 16.6. The van der Waals surface area contributed by atoms with Crippen LogP contribution in [0.5, 0.6) is 0 Å². The zero-order valence-electron chi connectivity index (χ0n) is 7.36. The van der Waals surface area contributed by atoms with Gasteiger partial charge in [0.25, 0.3) is 0 Å². The zero-order chi connectivity index (χ0) is 9.03. The van der Waals surface area contributed by atoms with Crippen LogP contribution in [0.4, 0.5) is 0 Å². The second-order valence-electron chi connectivity index (χ2n) is 3.11. The van der Waals surface area contributed by atoms with Crippen molar-refractivity contribution in [2.75, 3.05) is 6.61 Å². The molecule has 2 unspecified atom stereocenters. The molecule has 0 radical (unpaired) electrons. The highest BCUT2D eigenvalue weighted by Crippen LogP contribution is 2.24. The molecule has 0 aliphatic heterocycles. The van der Waals surface area contributed by atoms with Crippen LogP contribution in [-0.2, 0) is 4.74 Å². The summed E-state index contributed by atoms with van der Waals surface area (Å²) in [7, 11) is 0. The topological polar surface area (TPSA) is 49.7 Å². The minimum absolute atomic E-state index is 0.475. The van der Waals surface area contributed by atoms with Crippen molar-refractivity contribution in [2.45, 2.75) is 38.1 Å². The van der Waals surface area contributed by atoms with Gasteiger partial charge in [0.05, 0.1) is 6.61 Å². The van der Waals surface area contributed by atoms with E-state index in [1.165, 1.54) is 6.08 Å². The van der Waals surface area contributed by atoms with Crippen LogP contribution in [0.3, 0.4) is 0 Å². The minimum atomic E-state index is -1.42. The average Bonchev–Trinajstić information content (AvgIpc) is 2.34. The highest BCUT2D eigenvalue weighted by molar-refractivity contribution is 5.08. The van der Waals surface area contributed by atoms with Crippen LogP contribution >= 0.6 is 0 Å². The van der Waals surface area contributed by atoms with Gasteiger partial charge in [0.15, 0.2) is 0 Å². The van der Waals surface area contributed by atoms with Crippen LogP contribution in [-0.4, -0.2) is 28.7 Å². The largest absolute Gasteiger partial charge is 0.387 e. The first-order chi connectivity index (χ1) is 5.69. The summed E-state index contributed by atoms with van der Waals surface area (Å²) in [6, 6.07) is 0. The molecule has 0 fully saturated rings. The number of hydrogen-bond donors (Lipinski definition) is 2. The molecule has 12 heavy (non-hydrogen) atoms. The number of aliphatic hydroxyl groups excluding tert-OH is 1. The van der Waals surface area contributed by atoms with E-state index in [9.17, 15) is 10.2 Å². The first-order valence-electron chi connectivity index (χ1n) is 4.41. The van der Waals surface area contributed by atoms with Crippen molar-refractivity contribution in [1.29, 1.82) is 0 Å². The van der Waals surface area contributed by atoms with Crippen LogP contribution in [0.1, 0.15) is 26.2 Å². The number of ether oxygens (including phenoxy) is 1. The Morgan fingerprint density at radius 3 is 2.92 bits per heavy atom. The fourth-order valence-corrected chi connectivity index (χ4v) is 1.17. The van der Waals surface area contributed by atoms with Crippen LogP contribution < -0.4 is 0 Å². The lowest BCUT2D eigenvalue weighted by molar-refractivity contribution is -0.216. The van der Waals surface area contributed by atoms with Crippen molar-refractivity contribution in [3.63, 3.8) is 0 Å². The summed E-state index contributed by atoms with van der Waals surface area (Å²) < 4.78 is 5.16. The first kappa shape index (κ1) is 9.71. The smallest absolute Gasteiger partial charge is 0.212 e. The monoisotopic (exact) mass is 172 g/mol. The van der Waals surface area contributed by atoms with Gasteiger partial charge in [0, 0.05) is 0 Å².